The molecule has 0 saturated carbocycles. The lowest BCUT2D eigenvalue weighted by Gasteiger charge is -2.25. The minimum Gasteiger partial charge on any atom is -0.443 e. The van der Waals surface area contributed by atoms with Gasteiger partial charge in [-0.3, -0.25) is 4.79 Å². The molecule has 1 fully saturated rings. The quantitative estimate of drug-likeness (QED) is 0.234. The van der Waals surface area contributed by atoms with Gasteiger partial charge in [-0.15, -0.1) is 21.5 Å². The molecule has 220 valence electrons. The number of hydrogen-bond donors (Lipinski definition) is 1. The van der Waals surface area contributed by atoms with E-state index in [2.05, 4.69) is 27.1 Å². The molecule has 5 aromatic rings. The number of likely N-dealkylation sites (tertiary alicyclic amines) is 1. The zero-order chi connectivity index (χ0) is 30.0. The highest BCUT2D eigenvalue weighted by Crippen LogP contribution is 2.36. The Balaban J connectivity index is 1.36. The van der Waals surface area contributed by atoms with E-state index in [9.17, 15) is 9.59 Å². The molecule has 1 aliphatic rings. The minimum absolute atomic E-state index is 0.0234. The van der Waals surface area contributed by atoms with Gasteiger partial charge in [0.2, 0.25) is 5.89 Å². The number of carbonyl (C=O) groups excluding carboxylic acids is 2. The third-order valence-electron chi connectivity index (χ3n) is 7.26. The number of aromatic nitrogens is 5. The molecule has 13 heteroatoms. The summed E-state index contributed by atoms with van der Waals surface area (Å²) in [4.78, 5) is 41.3. The van der Waals surface area contributed by atoms with Gasteiger partial charge < -0.3 is 24.2 Å². The zero-order valence-electron chi connectivity index (χ0n) is 23.6. The Labute approximate surface area is 251 Å². The first kappa shape index (κ1) is 28.2. The molecule has 2 atom stereocenters. The number of carbonyl (C=O) groups is 2. The van der Waals surface area contributed by atoms with Gasteiger partial charge in [0.25, 0.3) is 17.7 Å². The lowest BCUT2D eigenvalue weighted by molar-refractivity contribution is 0.00732. The van der Waals surface area contributed by atoms with E-state index in [1.165, 1.54) is 12.5 Å². The van der Waals surface area contributed by atoms with Crippen LogP contribution >= 0.6 is 11.3 Å². The summed E-state index contributed by atoms with van der Waals surface area (Å²) in [7, 11) is 0. The second-order valence-electron chi connectivity index (χ2n) is 10.4. The van der Waals surface area contributed by atoms with Crippen LogP contribution in [0.4, 0.5) is 4.79 Å². The van der Waals surface area contributed by atoms with Crippen molar-refractivity contribution in [3.8, 4) is 23.2 Å². The lowest BCUT2D eigenvalue weighted by Crippen LogP contribution is -2.34. The second kappa shape index (κ2) is 11.8. The Hall–Kier alpha value is -4.91. The predicted molar refractivity (Wildman–Crippen MR) is 156 cm³/mol. The molecule has 6 rings (SSSR count). The van der Waals surface area contributed by atoms with Crippen molar-refractivity contribution in [1.29, 1.82) is 0 Å². The summed E-state index contributed by atoms with van der Waals surface area (Å²) in [5, 5.41) is 11.4. The Morgan fingerprint density at radius 2 is 1.93 bits per heavy atom. The van der Waals surface area contributed by atoms with Gasteiger partial charge in [-0.05, 0) is 43.9 Å². The van der Waals surface area contributed by atoms with Crippen molar-refractivity contribution in [2.24, 2.45) is 5.73 Å². The fourth-order valence-corrected chi connectivity index (χ4v) is 6.25. The summed E-state index contributed by atoms with van der Waals surface area (Å²) in [5.74, 6) is 0.0942. The van der Waals surface area contributed by atoms with Gasteiger partial charge in [-0.1, -0.05) is 37.3 Å². The first-order valence-electron chi connectivity index (χ1n) is 13.9. The average molecular weight is 600 g/mol. The van der Waals surface area contributed by atoms with E-state index < -0.39 is 11.7 Å². The molecule has 0 spiro atoms. The van der Waals surface area contributed by atoms with Crippen molar-refractivity contribution in [2.75, 3.05) is 6.54 Å². The second-order valence-corrected chi connectivity index (χ2v) is 11.3. The third kappa shape index (κ3) is 5.89. The molecule has 0 radical (unpaired) electrons. The SMILES string of the molecule is CCc1csc([C@H]2CCCN2C(=O)c2cc(-c3ncco3)nc(-c3nnc([C@@](C)(Cc4ccccc4)OC(N)=O)o3)c2)n1. The molecular formula is C30H29N7O5S. The van der Waals surface area contributed by atoms with Crippen LogP contribution in [0.5, 0.6) is 0 Å². The highest BCUT2D eigenvalue weighted by molar-refractivity contribution is 7.09. The van der Waals surface area contributed by atoms with E-state index in [0.29, 0.717) is 17.8 Å². The number of oxazole rings is 1. The molecule has 0 aliphatic carbocycles. The molecule has 2 amide bonds. The average Bonchev–Trinajstić information content (AvgIpc) is 3.83. The summed E-state index contributed by atoms with van der Waals surface area (Å²) >= 11 is 1.58. The fourth-order valence-electron chi connectivity index (χ4n) is 5.20. The number of amides is 2. The lowest BCUT2D eigenvalue weighted by atomic mass is 9.96. The Bertz CT molecular complexity index is 1740. The topological polar surface area (TPSA) is 163 Å². The van der Waals surface area contributed by atoms with E-state index >= 15 is 0 Å². The van der Waals surface area contributed by atoms with Gasteiger partial charge in [0, 0.05) is 23.9 Å². The molecule has 5 heterocycles. The fraction of sp³-hybridized carbons (Fsp3) is 0.300. The molecule has 12 nitrogen and oxygen atoms in total. The Kier molecular flexibility index (Phi) is 7.72. The van der Waals surface area contributed by atoms with Crippen molar-refractivity contribution in [2.45, 2.75) is 51.2 Å². The number of primary amides is 1. The smallest absolute Gasteiger partial charge is 0.405 e. The van der Waals surface area contributed by atoms with Crippen LogP contribution in [0.2, 0.25) is 0 Å². The molecule has 43 heavy (non-hydrogen) atoms. The van der Waals surface area contributed by atoms with Crippen molar-refractivity contribution in [1.82, 2.24) is 30.0 Å². The van der Waals surface area contributed by atoms with Gasteiger partial charge in [0.15, 0.2) is 5.60 Å². The number of benzene rings is 1. The molecular weight excluding hydrogens is 570 g/mol. The maximum Gasteiger partial charge on any atom is 0.405 e. The van der Waals surface area contributed by atoms with E-state index in [1.54, 1.807) is 30.4 Å². The molecule has 0 unspecified atom stereocenters. The van der Waals surface area contributed by atoms with Crippen LogP contribution in [-0.4, -0.2) is 48.6 Å². The highest BCUT2D eigenvalue weighted by atomic mass is 32.1. The molecule has 1 saturated heterocycles. The van der Waals surface area contributed by atoms with Crippen LogP contribution in [0.25, 0.3) is 23.2 Å². The molecule has 2 N–H and O–H groups in total. The van der Waals surface area contributed by atoms with Gasteiger partial charge >= 0.3 is 6.09 Å². The predicted octanol–water partition coefficient (Wildman–Crippen LogP) is 5.34. The van der Waals surface area contributed by atoms with Crippen LogP contribution in [0.15, 0.2) is 69.1 Å². The van der Waals surface area contributed by atoms with Crippen LogP contribution in [0.3, 0.4) is 0 Å². The number of thiazole rings is 1. The van der Waals surface area contributed by atoms with Gasteiger partial charge in [0.05, 0.1) is 17.9 Å². The molecule has 0 bridgehead atoms. The largest absolute Gasteiger partial charge is 0.443 e. The maximum atomic E-state index is 14.0. The van der Waals surface area contributed by atoms with Gasteiger partial charge in [-0.25, -0.2) is 19.7 Å². The first-order valence-corrected chi connectivity index (χ1v) is 14.7. The summed E-state index contributed by atoms with van der Waals surface area (Å²) in [6, 6.07) is 12.5. The van der Waals surface area contributed by atoms with Crippen molar-refractivity contribution in [3.05, 3.63) is 88.0 Å². The maximum absolute atomic E-state index is 14.0. The number of aryl methyl sites for hydroxylation is 1. The Morgan fingerprint density at radius 1 is 1.14 bits per heavy atom. The van der Waals surface area contributed by atoms with Gasteiger partial charge in [-0.2, -0.15) is 0 Å². The standard InChI is InChI=1S/C30H29N7O5S/c1-3-20-17-43-26(33-20)23-10-7-12-37(23)27(38)19-14-21(24-32-11-13-40-24)34-22(15-19)25-35-36-28(41-25)30(2,42-29(31)39)16-18-8-5-4-6-9-18/h4-6,8-9,11,13-15,17,23H,3,7,10,12,16H2,1-2H3,(H2,31,39)/t23-,30-/m1/s1. The normalized spacial score (nSPS) is 16.2. The number of pyridine rings is 1. The summed E-state index contributed by atoms with van der Waals surface area (Å²) < 4.78 is 17.0. The number of nitrogens with zero attached hydrogens (tertiary/aromatic N) is 6. The summed E-state index contributed by atoms with van der Waals surface area (Å²) in [6.45, 7) is 4.31. The van der Waals surface area contributed by atoms with E-state index in [-0.39, 0.29) is 41.7 Å². The van der Waals surface area contributed by atoms with Crippen LogP contribution in [0.1, 0.15) is 65.2 Å². The molecule has 4 aromatic heterocycles. The van der Waals surface area contributed by atoms with E-state index in [4.69, 9.17) is 24.3 Å². The number of ether oxygens (including phenoxy) is 1. The highest BCUT2D eigenvalue weighted by Gasteiger charge is 2.38. The third-order valence-corrected chi connectivity index (χ3v) is 8.26. The van der Waals surface area contributed by atoms with Crippen molar-refractivity contribution in [3.63, 3.8) is 0 Å². The first-order chi connectivity index (χ1) is 20.8. The van der Waals surface area contributed by atoms with E-state index in [0.717, 1.165) is 35.5 Å². The monoisotopic (exact) mass is 599 g/mol. The van der Waals surface area contributed by atoms with Crippen LogP contribution < -0.4 is 5.73 Å². The van der Waals surface area contributed by atoms with Crippen molar-refractivity contribution >= 4 is 23.3 Å². The number of rotatable bonds is 9. The van der Waals surface area contributed by atoms with Crippen LogP contribution in [0, 0.1) is 0 Å². The van der Waals surface area contributed by atoms with Crippen LogP contribution in [-0.2, 0) is 23.2 Å². The minimum atomic E-state index is -1.36. The Morgan fingerprint density at radius 3 is 2.63 bits per heavy atom. The van der Waals surface area contributed by atoms with E-state index in [1.807, 2.05) is 40.6 Å². The molecule has 1 aromatic carbocycles. The number of nitrogens with two attached hydrogens (primary N) is 1. The van der Waals surface area contributed by atoms with Crippen molar-refractivity contribution < 1.29 is 23.2 Å². The number of hydrogen-bond acceptors (Lipinski definition) is 11. The zero-order valence-corrected chi connectivity index (χ0v) is 24.4. The summed E-state index contributed by atoms with van der Waals surface area (Å²) in [6.07, 6.45) is 4.72. The molecule has 1 aliphatic heterocycles. The summed E-state index contributed by atoms with van der Waals surface area (Å²) in [5.41, 5.74) is 6.86. The van der Waals surface area contributed by atoms with Gasteiger partial charge in [0.1, 0.15) is 22.7 Å².